The van der Waals surface area contributed by atoms with E-state index in [0.29, 0.717) is 22.1 Å². The van der Waals surface area contributed by atoms with E-state index in [-0.39, 0.29) is 11.6 Å². The molecule has 9 heteroatoms. The summed E-state index contributed by atoms with van der Waals surface area (Å²) < 4.78 is 1.71. The van der Waals surface area contributed by atoms with Crippen molar-refractivity contribution in [3.05, 3.63) is 58.6 Å². The number of benzene rings is 1. The number of hydrogen-bond acceptors (Lipinski definition) is 5. The van der Waals surface area contributed by atoms with E-state index < -0.39 is 0 Å². The minimum atomic E-state index is -0.358. The Morgan fingerprint density at radius 1 is 1.11 bits per heavy atom. The van der Waals surface area contributed by atoms with Crippen molar-refractivity contribution in [2.24, 2.45) is 7.05 Å². The Labute approximate surface area is 159 Å². The lowest BCUT2D eigenvalue weighted by molar-refractivity contribution is 0.102. The van der Waals surface area contributed by atoms with Crippen LogP contribution < -0.4 is 5.32 Å². The molecule has 0 fully saturated rings. The van der Waals surface area contributed by atoms with Crippen molar-refractivity contribution >= 4 is 34.2 Å². The molecular weight excluding hydrogens is 366 g/mol. The summed E-state index contributed by atoms with van der Waals surface area (Å²) in [6, 6.07) is 8.95. The van der Waals surface area contributed by atoms with E-state index in [1.165, 1.54) is 4.80 Å². The molecule has 0 atom stereocenters. The van der Waals surface area contributed by atoms with Gasteiger partial charge in [-0.15, -0.1) is 5.10 Å². The van der Waals surface area contributed by atoms with Crippen LogP contribution in [0, 0.1) is 13.8 Å². The summed E-state index contributed by atoms with van der Waals surface area (Å²) in [5.74, 6) is -0.358. The third-order valence-corrected chi connectivity index (χ3v) is 4.39. The predicted octanol–water partition coefficient (Wildman–Crippen LogP) is 3.07. The highest BCUT2D eigenvalue weighted by atomic mass is 35.5. The number of hydrogen-bond donors (Lipinski definition) is 1. The van der Waals surface area contributed by atoms with Crippen molar-refractivity contribution in [1.82, 2.24) is 29.8 Å². The molecule has 3 heterocycles. The fraction of sp³-hybridized carbons (Fsp3) is 0.167. The number of aromatic nitrogens is 6. The van der Waals surface area contributed by atoms with E-state index >= 15 is 0 Å². The third-order valence-electron chi connectivity index (χ3n) is 4.16. The second-order valence-corrected chi connectivity index (χ2v) is 6.60. The number of nitrogens with zero attached hydrogens (tertiary/aromatic N) is 6. The molecule has 0 radical (unpaired) electrons. The van der Waals surface area contributed by atoms with Crippen LogP contribution in [-0.4, -0.2) is 35.7 Å². The molecule has 0 spiro atoms. The highest BCUT2D eigenvalue weighted by Crippen LogP contribution is 2.20. The smallest absolute Gasteiger partial charge is 0.278 e. The van der Waals surface area contributed by atoms with Crippen molar-refractivity contribution in [3.63, 3.8) is 0 Å². The zero-order chi connectivity index (χ0) is 19.1. The number of anilines is 1. The zero-order valence-electron chi connectivity index (χ0n) is 14.9. The molecule has 0 bridgehead atoms. The number of carbonyl (C=O) groups is 1. The van der Waals surface area contributed by atoms with Crippen LogP contribution in [0.4, 0.5) is 5.69 Å². The standard InChI is InChI=1S/C18H16ClN7O/c1-10-15-8-13(9-20-17(15)25(3)22-10)21-18(27)16-11(2)23-26(24-16)14-6-4-5-12(19)7-14/h4-9H,1-3H3,(H,21,27). The molecule has 0 unspecified atom stereocenters. The molecule has 1 aromatic carbocycles. The maximum atomic E-state index is 12.7. The van der Waals surface area contributed by atoms with Crippen LogP contribution in [0.2, 0.25) is 5.02 Å². The molecule has 0 aliphatic carbocycles. The van der Waals surface area contributed by atoms with Gasteiger partial charge in [0.25, 0.3) is 5.91 Å². The highest BCUT2D eigenvalue weighted by Gasteiger charge is 2.17. The van der Waals surface area contributed by atoms with Gasteiger partial charge in [-0.3, -0.25) is 9.48 Å². The monoisotopic (exact) mass is 381 g/mol. The summed E-state index contributed by atoms with van der Waals surface area (Å²) in [7, 11) is 1.83. The Bertz CT molecular complexity index is 1180. The minimum Gasteiger partial charge on any atom is -0.319 e. The summed E-state index contributed by atoms with van der Waals surface area (Å²) in [5.41, 5.74) is 3.60. The average molecular weight is 382 g/mol. The molecule has 1 N–H and O–H groups in total. The van der Waals surface area contributed by atoms with E-state index in [2.05, 4.69) is 25.6 Å². The van der Waals surface area contributed by atoms with Gasteiger partial charge in [-0.25, -0.2) is 4.98 Å². The number of halogens is 1. The normalized spacial score (nSPS) is 11.1. The second kappa shape index (κ2) is 6.48. The quantitative estimate of drug-likeness (QED) is 0.589. The Hall–Kier alpha value is -3.26. The van der Waals surface area contributed by atoms with E-state index in [1.807, 2.05) is 26.1 Å². The van der Waals surface area contributed by atoms with Gasteiger partial charge in [0.1, 0.15) is 0 Å². The fourth-order valence-corrected chi connectivity index (χ4v) is 3.06. The van der Waals surface area contributed by atoms with Gasteiger partial charge in [-0.05, 0) is 38.1 Å². The summed E-state index contributed by atoms with van der Waals surface area (Å²) >= 11 is 6.01. The molecule has 8 nitrogen and oxygen atoms in total. The molecular formula is C18H16ClN7O. The number of nitrogens with one attached hydrogen (secondary N) is 1. The lowest BCUT2D eigenvalue weighted by Gasteiger charge is -2.03. The minimum absolute atomic E-state index is 0.234. The summed E-state index contributed by atoms with van der Waals surface area (Å²) in [4.78, 5) is 18.4. The van der Waals surface area contributed by atoms with Crippen LogP contribution in [-0.2, 0) is 7.05 Å². The van der Waals surface area contributed by atoms with Gasteiger partial charge in [0.2, 0.25) is 0 Å². The summed E-state index contributed by atoms with van der Waals surface area (Å²) in [6.07, 6.45) is 1.60. The predicted molar refractivity (Wildman–Crippen MR) is 102 cm³/mol. The van der Waals surface area contributed by atoms with Gasteiger partial charge in [0.15, 0.2) is 11.3 Å². The fourth-order valence-electron chi connectivity index (χ4n) is 2.87. The SMILES string of the molecule is Cc1nn(-c2cccc(Cl)c2)nc1C(=O)Nc1cnc2c(c1)c(C)nn2C. The van der Waals surface area contributed by atoms with Crippen molar-refractivity contribution < 1.29 is 4.79 Å². The number of carbonyl (C=O) groups excluding carboxylic acids is 1. The first-order chi connectivity index (χ1) is 12.9. The molecule has 4 rings (SSSR count). The topological polar surface area (TPSA) is 90.5 Å². The van der Waals surface area contributed by atoms with Crippen LogP contribution in [0.3, 0.4) is 0 Å². The first-order valence-corrected chi connectivity index (χ1v) is 8.61. The Balaban J connectivity index is 1.63. The molecule has 27 heavy (non-hydrogen) atoms. The number of rotatable bonds is 3. The average Bonchev–Trinajstić information content (AvgIpc) is 3.15. The maximum Gasteiger partial charge on any atom is 0.278 e. The van der Waals surface area contributed by atoms with E-state index in [1.54, 1.807) is 36.0 Å². The summed E-state index contributed by atoms with van der Waals surface area (Å²) in [5, 5.41) is 17.2. The van der Waals surface area contributed by atoms with Crippen LogP contribution in [0.5, 0.6) is 0 Å². The molecule has 0 saturated heterocycles. The molecule has 0 aliphatic heterocycles. The van der Waals surface area contributed by atoms with Crippen LogP contribution in [0.25, 0.3) is 16.7 Å². The van der Waals surface area contributed by atoms with E-state index in [4.69, 9.17) is 11.6 Å². The molecule has 0 saturated carbocycles. The summed E-state index contributed by atoms with van der Waals surface area (Å²) in [6.45, 7) is 3.63. The van der Waals surface area contributed by atoms with Crippen molar-refractivity contribution in [2.75, 3.05) is 5.32 Å². The van der Waals surface area contributed by atoms with E-state index in [0.717, 1.165) is 16.7 Å². The van der Waals surface area contributed by atoms with Gasteiger partial charge in [0.05, 0.1) is 29.0 Å². The lowest BCUT2D eigenvalue weighted by atomic mass is 10.2. The molecule has 136 valence electrons. The van der Waals surface area contributed by atoms with Crippen LogP contribution >= 0.6 is 11.6 Å². The van der Waals surface area contributed by atoms with Crippen molar-refractivity contribution in [3.8, 4) is 5.69 Å². The second-order valence-electron chi connectivity index (χ2n) is 6.16. The number of amides is 1. The Morgan fingerprint density at radius 3 is 2.70 bits per heavy atom. The van der Waals surface area contributed by atoms with Gasteiger partial charge in [-0.2, -0.15) is 15.0 Å². The van der Waals surface area contributed by atoms with Gasteiger partial charge in [0, 0.05) is 17.5 Å². The Kier molecular flexibility index (Phi) is 4.12. The number of aryl methyl sites for hydroxylation is 3. The molecule has 3 aromatic heterocycles. The molecule has 1 amide bonds. The van der Waals surface area contributed by atoms with Crippen molar-refractivity contribution in [1.29, 1.82) is 0 Å². The molecule has 0 aliphatic rings. The lowest BCUT2D eigenvalue weighted by Crippen LogP contribution is -2.14. The van der Waals surface area contributed by atoms with E-state index in [9.17, 15) is 4.79 Å². The first-order valence-electron chi connectivity index (χ1n) is 8.23. The van der Waals surface area contributed by atoms with Gasteiger partial charge >= 0.3 is 0 Å². The Morgan fingerprint density at radius 2 is 1.93 bits per heavy atom. The number of pyridine rings is 1. The molecule has 4 aromatic rings. The highest BCUT2D eigenvalue weighted by molar-refractivity contribution is 6.30. The third kappa shape index (κ3) is 3.15. The zero-order valence-corrected chi connectivity index (χ0v) is 15.7. The van der Waals surface area contributed by atoms with Crippen LogP contribution in [0.1, 0.15) is 21.9 Å². The largest absolute Gasteiger partial charge is 0.319 e. The van der Waals surface area contributed by atoms with Crippen LogP contribution in [0.15, 0.2) is 36.5 Å². The number of fused-ring (bicyclic) bond motifs is 1. The van der Waals surface area contributed by atoms with Crippen molar-refractivity contribution in [2.45, 2.75) is 13.8 Å². The first kappa shape index (κ1) is 17.2. The maximum absolute atomic E-state index is 12.7. The van der Waals surface area contributed by atoms with Gasteiger partial charge < -0.3 is 5.32 Å². The van der Waals surface area contributed by atoms with Gasteiger partial charge in [-0.1, -0.05) is 17.7 Å².